The highest BCUT2D eigenvalue weighted by molar-refractivity contribution is 5.95. The minimum atomic E-state index is -0.000317. The number of likely N-dealkylation sites (N-methyl/N-ethyl adjacent to an activating group) is 1. The molecule has 0 bridgehead atoms. The zero-order valence-electron chi connectivity index (χ0n) is 18.1. The van der Waals surface area contributed by atoms with Gasteiger partial charge in [0, 0.05) is 35.3 Å². The lowest BCUT2D eigenvalue weighted by Crippen LogP contribution is -2.38. The molecule has 2 atom stereocenters. The highest BCUT2D eigenvalue weighted by Gasteiger charge is 2.29. The Kier molecular flexibility index (Phi) is 5.06. The van der Waals surface area contributed by atoms with Gasteiger partial charge in [-0.15, -0.1) is 0 Å². The summed E-state index contributed by atoms with van der Waals surface area (Å²) >= 11 is 0. The van der Waals surface area contributed by atoms with Crippen LogP contribution in [0.1, 0.15) is 31.0 Å². The van der Waals surface area contributed by atoms with Crippen LogP contribution >= 0.6 is 0 Å². The number of phenolic OH excluding ortho intramolecular Hbond substituents is 1. The summed E-state index contributed by atoms with van der Waals surface area (Å²) in [6.45, 7) is 4.57. The van der Waals surface area contributed by atoms with Crippen LogP contribution in [-0.4, -0.2) is 52.3 Å². The quantitative estimate of drug-likeness (QED) is 0.670. The second-order valence-electron chi connectivity index (χ2n) is 8.69. The van der Waals surface area contributed by atoms with E-state index in [4.69, 9.17) is 15.5 Å². The molecule has 1 aromatic heterocycles. The smallest absolute Gasteiger partial charge is 0.318 e. The normalized spacial score (nSPS) is 20.1. The Bertz CT molecular complexity index is 1120. The molecule has 2 aromatic carbocycles. The Balaban J connectivity index is 1.43. The maximum atomic E-state index is 10.3. The van der Waals surface area contributed by atoms with Crippen LogP contribution in [0, 0.1) is 0 Å². The molecule has 2 aliphatic heterocycles. The summed E-state index contributed by atoms with van der Waals surface area (Å²) in [5.41, 5.74) is 9.19. The summed E-state index contributed by atoms with van der Waals surface area (Å²) in [6.07, 6.45) is 3.07. The van der Waals surface area contributed by atoms with Gasteiger partial charge in [0.05, 0.1) is 12.2 Å². The van der Waals surface area contributed by atoms with Crippen LogP contribution in [0.15, 0.2) is 36.4 Å². The molecule has 7 heteroatoms. The van der Waals surface area contributed by atoms with Gasteiger partial charge in [-0.3, -0.25) is 4.90 Å². The third-order valence-electron chi connectivity index (χ3n) is 6.65. The lowest BCUT2D eigenvalue weighted by molar-refractivity contribution is 0.111. The molecule has 0 unspecified atom stereocenters. The van der Waals surface area contributed by atoms with Crippen molar-refractivity contribution in [1.82, 2.24) is 14.9 Å². The van der Waals surface area contributed by atoms with Crippen molar-refractivity contribution in [3.63, 3.8) is 0 Å². The summed E-state index contributed by atoms with van der Waals surface area (Å²) in [7, 11) is 2.14. The number of hydrogen-bond acceptors (Lipinski definition) is 7. The Morgan fingerprint density at radius 1 is 1.19 bits per heavy atom. The van der Waals surface area contributed by atoms with E-state index >= 15 is 0 Å². The van der Waals surface area contributed by atoms with Gasteiger partial charge in [0.25, 0.3) is 0 Å². The van der Waals surface area contributed by atoms with Crippen molar-refractivity contribution in [3.05, 3.63) is 47.7 Å². The number of nitrogens with two attached hydrogens (primary N) is 1. The molecule has 0 aliphatic carbocycles. The van der Waals surface area contributed by atoms with Gasteiger partial charge >= 0.3 is 6.01 Å². The topological polar surface area (TPSA) is 87.7 Å². The van der Waals surface area contributed by atoms with Crippen LogP contribution in [0.3, 0.4) is 0 Å². The molecule has 0 saturated carbocycles. The van der Waals surface area contributed by atoms with Gasteiger partial charge in [0.2, 0.25) is 0 Å². The summed E-state index contributed by atoms with van der Waals surface area (Å²) in [5.74, 6) is 0.771. The third-order valence-corrected chi connectivity index (χ3v) is 6.65. The second-order valence-corrected chi connectivity index (χ2v) is 8.69. The molecule has 0 radical (unpaired) electrons. The molecule has 162 valence electrons. The Hall–Kier alpha value is -3.06. The first-order valence-corrected chi connectivity index (χ1v) is 11.0. The molecule has 2 aliphatic rings. The van der Waals surface area contributed by atoms with Crippen LogP contribution in [0.2, 0.25) is 0 Å². The van der Waals surface area contributed by atoms with Crippen molar-refractivity contribution < 1.29 is 9.84 Å². The van der Waals surface area contributed by atoms with E-state index in [0.29, 0.717) is 24.4 Å². The van der Waals surface area contributed by atoms with Crippen molar-refractivity contribution in [2.24, 2.45) is 0 Å². The van der Waals surface area contributed by atoms with Crippen molar-refractivity contribution in [2.75, 3.05) is 30.8 Å². The van der Waals surface area contributed by atoms with Gasteiger partial charge in [-0.05, 0) is 51.2 Å². The molecule has 3 N–H and O–H groups in total. The molecular weight excluding hydrogens is 390 g/mol. The summed E-state index contributed by atoms with van der Waals surface area (Å²) in [4.78, 5) is 13.8. The number of benzene rings is 2. The van der Waals surface area contributed by atoms with E-state index in [1.54, 1.807) is 6.07 Å². The van der Waals surface area contributed by atoms with E-state index in [1.165, 1.54) is 6.42 Å². The fourth-order valence-electron chi connectivity index (χ4n) is 5.00. The predicted molar refractivity (Wildman–Crippen MR) is 123 cm³/mol. The number of likely N-dealkylation sites (tertiary alicyclic amines) is 1. The van der Waals surface area contributed by atoms with Crippen molar-refractivity contribution >= 4 is 22.3 Å². The molecule has 0 amide bonds. The summed E-state index contributed by atoms with van der Waals surface area (Å²) in [5, 5.41) is 12.4. The van der Waals surface area contributed by atoms with Crippen LogP contribution < -0.4 is 15.4 Å². The molecule has 0 spiro atoms. The fraction of sp³-hybridized carbons (Fsp3) is 0.417. The standard InChI is InChI=1S/C24H29N5O2/c1-15(21-8-5-10-28(21)2)31-24-26-20-14-29(11-9-19(20)23(25)27-24)22-13-17(30)12-16-6-3-4-7-18(16)22/h3-4,6-7,12-13,15,21,30H,5,8-11,14H2,1-2H3,(H2,25,26,27)/t15-,21-/m0/s1. The molecule has 1 fully saturated rings. The average molecular weight is 420 g/mol. The molecule has 3 aromatic rings. The van der Waals surface area contributed by atoms with Crippen LogP contribution in [0.5, 0.6) is 11.8 Å². The van der Waals surface area contributed by atoms with Gasteiger partial charge in [0.1, 0.15) is 17.7 Å². The second kappa shape index (κ2) is 7.89. The van der Waals surface area contributed by atoms with E-state index in [-0.39, 0.29) is 11.9 Å². The monoisotopic (exact) mass is 419 g/mol. The number of nitrogens with zero attached hydrogens (tertiary/aromatic N) is 4. The molecule has 7 nitrogen and oxygen atoms in total. The maximum Gasteiger partial charge on any atom is 0.318 e. The zero-order valence-corrected chi connectivity index (χ0v) is 18.1. The van der Waals surface area contributed by atoms with Crippen LogP contribution in [0.4, 0.5) is 11.5 Å². The van der Waals surface area contributed by atoms with Crippen molar-refractivity contribution in [2.45, 2.75) is 44.9 Å². The molecule has 1 saturated heterocycles. The molecule has 3 heterocycles. The number of hydrogen-bond donors (Lipinski definition) is 2. The van der Waals surface area contributed by atoms with E-state index in [1.807, 2.05) is 24.3 Å². The van der Waals surface area contributed by atoms with E-state index < -0.39 is 0 Å². The Labute approximate surface area is 182 Å². The molecule has 31 heavy (non-hydrogen) atoms. The van der Waals surface area contributed by atoms with E-state index in [0.717, 1.165) is 53.6 Å². The Morgan fingerprint density at radius 2 is 2.03 bits per heavy atom. The highest BCUT2D eigenvalue weighted by atomic mass is 16.5. The maximum absolute atomic E-state index is 10.3. The average Bonchev–Trinajstić information content (AvgIpc) is 3.18. The van der Waals surface area contributed by atoms with E-state index in [2.05, 4.69) is 34.8 Å². The van der Waals surface area contributed by atoms with Crippen molar-refractivity contribution in [3.8, 4) is 11.8 Å². The van der Waals surface area contributed by atoms with Gasteiger partial charge < -0.3 is 20.5 Å². The minimum Gasteiger partial charge on any atom is -0.508 e. The summed E-state index contributed by atoms with van der Waals surface area (Å²) < 4.78 is 6.14. The van der Waals surface area contributed by atoms with Gasteiger partial charge in [-0.1, -0.05) is 24.3 Å². The number of rotatable bonds is 4. The van der Waals surface area contributed by atoms with Gasteiger partial charge in [0.15, 0.2) is 0 Å². The first-order chi connectivity index (χ1) is 15.0. The molecule has 5 rings (SSSR count). The molecular formula is C24H29N5O2. The van der Waals surface area contributed by atoms with Gasteiger partial charge in [-0.25, -0.2) is 0 Å². The largest absolute Gasteiger partial charge is 0.508 e. The number of ether oxygens (including phenoxy) is 1. The van der Waals surface area contributed by atoms with Crippen LogP contribution in [-0.2, 0) is 13.0 Å². The first-order valence-electron chi connectivity index (χ1n) is 11.0. The SMILES string of the molecule is C[C@H](Oc1nc(N)c2c(n1)CN(c1cc(O)cc3ccccc13)CC2)[C@@H]1CCCN1C. The van der Waals surface area contributed by atoms with E-state index in [9.17, 15) is 5.11 Å². The van der Waals surface area contributed by atoms with Crippen molar-refractivity contribution in [1.29, 1.82) is 0 Å². The number of aromatic hydroxyl groups is 1. The van der Waals surface area contributed by atoms with Crippen LogP contribution in [0.25, 0.3) is 10.8 Å². The fourth-order valence-corrected chi connectivity index (χ4v) is 5.00. The number of phenols is 1. The number of nitrogen functional groups attached to an aromatic ring is 1. The summed E-state index contributed by atoms with van der Waals surface area (Å²) in [6, 6.07) is 12.5. The lowest BCUT2D eigenvalue weighted by atomic mass is 10.0. The van der Waals surface area contributed by atoms with Gasteiger partial charge in [-0.2, -0.15) is 9.97 Å². The predicted octanol–water partition coefficient (Wildman–Crippen LogP) is 3.34. The number of aromatic nitrogens is 2. The minimum absolute atomic E-state index is 0.000317. The Morgan fingerprint density at radius 3 is 2.84 bits per heavy atom. The highest BCUT2D eigenvalue weighted by Crippen LogP contribution is 2.35. The number of fused-ring (bicyclic) bond motifs is 2. The third kappa shape index (κ3) is 3.74. The number of anilines is 2. The first kappa shape index (κ1) is 19.9. The zero-order chi connectivity index (χ0) is 21.5. The lowest BCUT2D eigenvalue weighted by Gasteiger charge is -2.32.